The molecule has 2 N–H and O–H groups in total. The first-order valence-corrected chi connectivity index (χ1v) is 8.47. The average Bonchev–Trinajstić information content (AvgIpc) is 3.16. The standard InChI is InChI=1S/C18H24N4O/c1-23-17-6-2-13(3-7-17)18-14(10-19-21-18)11-22-9-8-15-4-5-16(12-22)20-15/h2-3,6-7,10,15-16,20H,4-5,8-9,11-12H2,1H3,(H,19,21)/t15-,16+/m1/s1. The van der Waals surface area contributed by atoms with Crippen LogP contribution in [0.5, 0.6) is 5.75 Å². The molecule has 2 bridgehead atoms. The number of H-pyrrole nitrogens is 1. The maximum Gasteiger partial charge on any atom is 0.118 e. The molecule has 3 heterocycles. The smallest absolute Gasteiger partial charge is 0.118 e. The Kier molecular flexibility index (Phi) is 4.06. The molecule has 2 aromatic rings. The number of ether oxygens (including phenoxy) is 1. The summed E-state index contributed by atoms with van der Waals surface area (Å²) in [6.45, 7) is 3.27. The van der Waals surface area contributed by atoms with Crippen LogP contribution in [-0.2, 0) is 6.54 Å². The van der Waals surface area contributed by atoms with Crippen molar-refractivity contribution < 1.29 is 4.74 Å². The van der Waals surface area contributed by atoms with Gasteiger partial charge < -0.3 is 10.1 Å². The van der Waals surface area contributed by atoms with E-state index in [0.717, 1.165) is 36.1 Å². The van der Waals surface area contributed by atoms with Gasteiger partial charge in [0, 0.05) is 42.8 Å². The van der Waals surface area contributed by atoms with Crippen molar-refractivity contribution >= 4 is 0 Å². The maximum atomic E-state index is 5.24. The Balaban J connectivity index is 1.50. The largest absolute Gasteiger partial charge is 0.497 e. The van der Waals surface area contributed by atoms with Gasteiger partial charge in [-0.2, -0.15) is 5.10 Å². The molecule has 0 aliphatic carbocycles. The van der Waals surface area contributed by atoms with Crippen LogP contribution in [0, 0.1) is 0 Å². The van der Waals surface area contributed by atoms with E-state index in [1.54, 1.807) is 7.11 Å². The lowest BCUT2D eigenvalue weighted by molar-refractivity contribution is 0.251. The summed E-state index contributed by atoms with van der Waals surface area (Å²) < 4.78 is 5.24. The number of nitrogens with zero attached hydrogens (tertiary/aromatic N) is 2. The van der Waals surface area contributed by atoms with Gasteiger partial charge in [0.15, 0.2) is 0 Å². The second-order valence-corrected chi connectivity index (χ2v) is 6.66. The van der Waals surface area contributed by atoms with E-state index in [-0.39, 0.29) is 0 Å². The van der Waals surface area contributed by atoms with Gasteiger partial charge in [0.25, 0.3) is 0 Å². The van der Waals surface area contributed by atoms with E-state index >= 15 is 0 Å². The molecule has 0 amide bonds. The van der Waals surface area contributed by atoms with Gasteiger partial charge in [-0.3, -0.25) is 10.00 Å². The van der Waals surface area contributed by atoms with Crippen LogP contribution in [0.3, 0.4) is 0 Å². The van der Waals surface area contributed by atoms with Gasteiger partial charge in [-0.1, -0.05) is 0 Å². The number of likely N-dealkylation sites (tertiary alicyclic amines) is 1. The van der Waals surface area contributed by atoms with Crippen LogP contribution in [0.2, 0.25) is 0 Å². The van der Waals surface area contributed by atoms with E-state index in [2.05, 4.69) is 32.5 Å². The van der Waals surface area contributed by atoms with Gasteiger partial charge in [-0.05, 0) is 43.5 Å². The number of aromatic amines is 1. The quantitative estimate of drug-likeness (QED) is 0.910. The molecule has 2 fully saturated rings. The second-order valence-electron chi connectivity index (χ2n) is 6.66. The number of benzene rings is 1. The van der Waals surface area contributed by atoms with Crippen molar-refractivity contribution in [2.75, 3.05) is 20.2 Å². The zero-order valence-corrected chi connectivity index (χ0v) is 13.6. The lowest BCUT2D eigenvalue weighted by Gasteiger charge is -2.23. The summed E-state index contributed by atoms with van der Waals surface area (Å²) in [5.74, 6) is 0.879. The Morgan fingerprint density at radius 1 is 1.17 bits per heavy atom. The lowest BCUT2D eigenvalue weighted by atomic mass is 10.1. The lowest BCUT2D eigenvalue weighted by Crippen LogP contribution is -2.34. The summed E-state index contributed by atoms with van der Waals surface area (Å²) in [7, 11) is 1.69. The molecule has 5 heteroatoms. The van der Waals surface area contributed by atoms with Gasteiger partial charge in [0.1, 0.15) is 5.75 Å². The zero-order chi connectivity index (χ0) is 15.6. The van der Waals surface area contributed by atoms with Crippen LogP contribution in [0.25, 0.3) is 11.3 Å². The molecule has 4 rings (SSSR count). The molecule has 1 aromatic heterocycles. The van der Waals surface area contributed by atoms with Crippen LogP contribution in [0.1, 0.15) is 24.8 Å². The fourth-order valence-corrected chi connectivity index (χ4v) is 3.84. The number of rotatable bonds is 4. The average molecular weight is 312 g/mol. The molecule has 2 aliphatic rings. The number of fused-ring (bicyclic) bond motifs is 2. The molecule has 0 spiro atoms. The van der Waals surface area contributed by atoms with Crippen molar-refractivity contribution in [1.82, 2.24) is 20.4 Å². The summed E-state index contributed by atoms with van der Waals surface area (Å²) >= 11 is 0. The van der Waals surface area contributed by atoms with Crippen molar-refractivity contribution in [2.45, 2.75) is 37.9 Å². The van der Waals surface area contributed by atoms with Gasteiger partial charge in [0.05, 0.1) is 19.0 Å². The Morgan fingerprint density at radius 3 is 2.83 bits per heavy atom. The Morgan fingerprint density at radius 2 is 2.00 bits per heavy atom. The van der Waals surface area contributed by atoms with Gasteiger partial charge in [-0.25, -0.2) is 0 Å². The second kappa shape index (κ2) is 6.34. The highest BCUT2D eigenvalue weighted by Crippen LogP contribution is 2.26. The summed E-state index contributed by atoms with van der Waals surface area (Å²) in [5.41, 5.74) is 3.55. The SMILES string of the molecule is COc1ccc(-c2[nH]ncc2CN2CC[C@H]3CC[C@@H](C2)N3)cc1. The maximum absolute atomic E-state index is 5.24. The highest BCUT2D eigenvalue weighted by molar-refractivity contribution is 5.63. The van der Waals surface area contributed by atoms with E-state index in [0.29, 0.717) is 6.04 Å². The van der Waals surface area contributed by atoms with Gasteiger partial charge >= 0.3 is 0 Å². The normalized spacial score (nSPS) is 24.6. The first-order chi connectivity index (χ1) is 11.3. The predicted octanol–water partition coefficient (Wildman–Crippen LogP) is 2.41. The van der Waals surface area contributed by atoms with E-state index in [1.807, 2.05) is 18.3 Å². The molecule has 0 unspecified atom stereocenters. The van der Waals surface area contributed by atoms with E-state index in [4.69, 9.17) is 4.74 Å². The first kappa shape index (κ1) is 14.7. The number of hydrogen-bond donors (Lipinski definition) is 2. The molecule has 2 atom stereocenters. The van der Waals surface area contributed by atoms with Crippen molar-refractivity contribution in [3.63, 3.8) is 0 Å². The molecule has 0 radical (unpaired) electrons. The van der Waals surface area contributed by atoms with Gasteiger partial charge in [0.2, 0.25) is 0 Å². The summed E-state index contributed by atoms with van der Waals surface area (Å²) in [6.07, 6.45) is 5.89. The highest BCUT2D eigenvalue weighted by atomic mass is 16.5. The minimum Gasteiger partial charge on any atom is -0.497 e. The third kappa shape index (κ3) is 3.12. The fourth-order valence-electron chi connectivity index (χ4n) is 3.84. The molecule has 5 nitrogen and oxygen atoms in total. The molecule has 2 aliphatic heterocycles. The number of methoxy groups -OCH3 is 1. The molecule has 1 aromatic carbocycles. The Labute approximate surface area is 137 Å². The zero-order valence-electron chi connectivity index (χ0n) is 13.6. The van der Waals surface area contributed by atoms with Crippen LogP contribution in [-0.4, -0.2) is 47.4 Å². The van der Waals surface area contributed by atoms with E-state index < -0.39 is 0 Å². The highest BCUT2D eigenvalue weighted by Gasteiger charge is 2.29. The van der Waals surface area contributed by atoms with Crippen LogP contribution >= 0.6 is 0 Å². The topological polar surface area (TPSA) is 53.2 Å². The van der Waals surface area contributed by atoms with Crippen molar-refractivity contribution in [1.29, 1.82) is 0 Å². The first-order valence-electron chi connectivity index (χ1n) is 8.47. The number of aromatic nitrogens is 2. The van der Waals surface area contributed by atoms with Crippen molar-refractivity contribution in [3.8, 4) is 17.0 Å². The molecule has 23 heavy (non-hydrogen) atoms. The van der Waals surface area contributed by atoms with E-state index in [9.17, 15) is 0 Å². The number of nitrogens with one attached hydrogen (secondary N) is 2. The summed E-state index contributed by atoms with van der Waals surface area (Å²) in [4.78, 5) is 2.56. The summed E-state index contributed by atoms with van der Waals surface area (Å²) in [5, 5.41) is 11.2. The minimum atomic E-state index is 0.666. The van der Waals surface area contributed by atoms with Crippen molar-refractivity contribution in [3.05, 3.63) is 36.0 Å². The van der Waals surface area contributed by atoms with E-state index in [1.165, 1.54) is 31.4 Å². The molecular weight excluding hydrogens is 288 g/mol. The number of hydrogen-bond acceptors (Lipinski definition) is 4. The Bertz CT molecular complexity index is 651. The van der Waals surface area contributed by atoms with Crippen LogP contribution in [0.4, 0.5) is 0 Å². The van der Waals surface area contributed by atoms with Crippen molar-refractivity contribution in [2.24, 2.45) is 0 Å². The minimum absolute atomic E-state index is 0.666. The summed E-state index contributed by atoms with van der Waals surface area (Å²) in [6, 6.07) is 9.56. The molecule has 0 saturated carbocycles. The monoisotopic (exact) mass is 312 g/mol. The molecule has 2 saturated heterocycles. The predicted molar refractivity (Wildman–Crippen MR) is 90.4 cm³/mol. The van der Waals surface area contributed by atoms with Gasteiger partial charge in [-0.15, -0.1) is 0 Å². The van der Waals surface area contributed by atoms with Crippen LogP contribution in [0.15, 0.2) is 30.5 Å². The molecular formula is C18H24N4O. The third-order valence-corrected chi connectivity index (χ3v) is 5.10. The van der Waals surface area contributed by atoms with Crippen LogP contribution < -0.4 is 10.1 Å². The third-order valence-electron chi connectivity index (χ3n) is 5.10. The Hall–Kier alpha value is -1.85. The molecule has 122 valence electrons. The fraction of sp³-hybridized carbons (Fsp3) is 0.500.